The van der Waals surface area contributed by atoms with E-state index < -0.39 is 0 Å². The first kappa shape index (κ1) is 24.0. The summed E-state index contributed by atoms with van der Waals surface area (Å²) < 4.78 is 7.73. The first-order valence-electron chi connectivity index (χ1n) is 11.9. The topological polar surface area (TPSA) is 85.2 Å². The fourth-order valence-corrected chi connectivity index (χ4v) is 4.76. The molecule has 0 radical (unpaired) electrons. The van der Waals surface area contributed by atoms with Crippen LogP contribution in [0.3, 0.4) is 0 Å². The number of likely N-dealkylation sites (N-methyl/N-ethyl adjacent to an activating group) is 1. The Hall–Kier alpha value is -3.74. The van der Waals surface area contributed by atoms with Gasteiger partial charge in [0.25, 0.3) is 5.56 Å². The zero-order chi connectivity index (χ0) is 25.2. The van der Waals surface area contributed by atoms with Crippen molar-refractivity contribution >= 4 is 34.0 Å². The molecular formula is C27H28N6O2S. The summed E-state index contributed by atoms with van der Waals surface area (Å²) in [4.78, 5) is 30.0. The number of aryl methyl sites for hydroxylation is 1. The number of benzene rings is 1. The van der Waals surface area contributed by atoms with Crippen LogP contribution in [0.4, 0.5) is 11.6 Å². The molecule has 0 saturated carbocycles. The van der Waals surface area contributed by atoms with E-state index >= 15 is 0 Å². The number of hydrogen-bond acceptors (Lipinski definition) is 8. The molecule has 0 bridgehead atoms. The Labute approximate surface area is 214 Å². The molecule has 1 atom stereocenters. The number of nitrogens with zero attached hydrogens (tertiary/aromatic N) is 5. The molecule has 0 aliphatic carbocycles. The monoisotopic (exact) mass is 500 g/mol. The van der Waals surface area contributed by atoms with Crippen molar-refractivity contribution in [2.75, 3.05) is 25.5 Å². The molecule has 0 amide bonds. The van der Waals surface area contributed by atoms with Crippen molar-refractivity contribution in [3.8, 4) is 17.6 Å². The van der Waals surface area contributed by atoms with E-state index in [1.807, 2.05) is 45.0 Å². The molecule has 9 heteroatoms. The Morgan fingerprint density at radius 3 is 2.67 bits per heavy atom. The highest BCUT2D eigenvalue weighted by Crippen LogP contribution is 2.23. The summed E-state index contributed by atoms with van der Waals surface area (Å²) in [7, 11) is 2.11. The van der Waals surface area contributed by atoms with Crippen molar-refractivity contribution in [2.24, 2.45) is 0 Å². The van der Waals surface area contributed by atoms with Gasteiger partial charge in [0, 0.05) is 41.3 Å². The molecule has 1 saturated heterocycles. The van der Waals surface area contributed by atoms with Gasteiger partial charge in [-0.2, -0.15) is 4.98 Å². The lowest BCUT2D eigenvalue weighted by atomic mass is 10.2. The van der Waals surface area contributed by atoms with Gasteiger partial charge in [0.1, 0.15) is 23.2 Å². The van der Waals surface area contributed by atoms with E-state index in [-0.39, 0.29) is 17.7 Å². The first-order chi connectivity index (χ1) is 17.4. The predicted molar refractivity (Wildman–Crippen MR) is 143 cm³/mol. The maximum atomic E-state index is 13.3. The second kappa shape index (κ2) is 10.1. The summed E-state index contributed by atoms with van der Waals surface area (Å²) in [6.07, 6.45) is 2.98. The minimum Gasteiger partial charge on any atom is -0.489 e. The Morgan fingerprint density at radius 1 is 1.19 bits per heavy atom. The molecule has 1 aliphatic heterocycles. The molecule has 1 unspecified atom stereocenters. The Morgan fingerprint density at radius 2 is 2.00 bits per heavy atom. The molecular weight excluding hydrogens is 472 g/mol. The summed E-state index contributed by atoms with van der Waals surface area (Å²) in [5.74, 6) is 7.29. The van der Waals surface area contributed by atoms with Crippen molar-refractivity contribution in [3.05, 3.63) is 68.5 Å². The van der Waals surface area contributed by atoms with Crippen LogP contribution in [-0.2, 0) is 0 Å². The molecule has 1 aromatic carbocycles. The standard InChI is InChI=1S/C27H28N6O2S/c1-17(2)33-25-20(13-19(26(33)34)5-10-24-18(3)36-16-29-24)14-28-27(31-25)30-21-6-8-22(9-7-21)35-23-11-12-32(4)15-23/h6-9,13-14,16-17,23H,11-12,15H2,1-4H3,(H,28,30,31). The van der Waals surface area contributed by atoms with E-state index in [0.29, 0.717) is 22.9 Å². The van der Waals surface area contributed by atoms with Crippen molar-refractivity contribution in [1.82, 2.24) is 24.4 Å². The number of nitrogens with one attached hydrogen (secondary N) is 1. The second-order valence-electron chi connectivity index (χ2n) is 9.25. The molecule has 8 nitrogen and oxygen atoms in total. The average Bonchev–Trinajstić information content (AvgIpc) is 3.46. The van der Waals surface area contributed by atoms with Crippen LogP contribution in [-0.4, -0.2) is 50.7 Å². The van der Waals surface area contributed by atoms with Crippen LogP contribution in [0.5, 0.6) is 5.75 Å². The van der Waals surface area contributed by atoms with Gasteiger partial charge >= 0.3 is 0 Å². The molecule has 5 rings (SSSR count). The second-order valence-corrected chi connectivity index (χ2v) is 10.3. The SMILES string of the molecule is Cc1scnc1C#Cc1cc2cnc(Nc3ccc(OC4CCN(C)C4)cc3)nc2n(C(C)C)c1=O. The Kier molecular flexibility index (Phi) is 6.72. The van der Waals surface area contributed by atoms with Gasteiger partial charge in [-0.1, -0.05) is 5.92 Å². The van der Waals surface area contributed by atoms with Crippen molar-refractivity contribution in [1.29, 1.82) is 0 Å². The van der Waals surface area contributed by atoms with Crippen LogP contribution in [0.2, 0.25) is 0 Å². The van der Waals surface area contributed by atoms with Gasteiger partial charge in [0.2, 0.25) is 5.95 Å². The van der Waals surface area contributed by atoms with E-state index in [4.69, 9.17) is 4.74 Å². The van der Waals surface area contributed by atoms with E-state index in [9.17, 15) is 4.79 Å². The summed E-state index contributed by atoms with van der Waals surface area (Å²) in [6.45, 7) is 7.88. The largest absolute Gasteiger partial charge is 0.489 e. The van der Waals surface area contributed by atoms with Crippen LogP contribution in [0, 0.1) is 18.8 Å². The maximum Gasteiger partial charge on any atom is 0.268 e. The maximum absolute atomic E-state index is 13.3. The smallest absolute Gasteiger partial charge is 0.268 e. The van der Waals surface area contributed by atoms with E-state index in [2.05, 4.69) is 44.1 Å². The molecule has 4 heterocycles. The van der Waals surface area contributed by atoms with Gasteiger partial charge in [-0.3, -0.25) is 9.36 Å². The number of hydrogen-bond donors (Lipinski definition) is 1. The number of likely N-dealkylation sites (tertiary alicyclic amines) is 1. The van der Waals surface area contributed by atoms with Gasteiger partial charge in [-0.25, -0.2) is 9.97 Å². The van der Waals surface area contributed by atoms with Gasteiger partial charge in [-0.15, -0.1) is 11.3 Å². The third kappa shape index (κ3) is 5.10. The minimum atomic E-state index is -0.179. The fourth-order valence-electron chi connectivity index (χ4n) is 4.23. The predicted octanol–water partition coefficient (Wildman–Crippen LogP) is 4.36. The minimum absolute atomic E-state index is 0.100. The van der Waals surface area contributed by atoms with Crippen molar-refractivity contribution in [3.63, 3.8) is 0 Å². The molecule has 1 aliphatic rings. The number of fused-ring (bicyclic) bond motifs is 1. The van der Waals surface area contributed by atoms with Gasteiger partial charge in [0.05, 0.1) is 11.1 Å². The lowest BCUT2D eigenvalue weighted by molar-refractivity contribution is 0.208. The normalized spacial score (nSPS) is 15.8. The summed E-state index contributed by atoms with van der Waals surface area (Å²) in [6, 6.07) is 9.42. The zero-order valence-corrected chi connectivity index (χ0v) is 21.6. The van der Waals surface area contributed by atoms with E-state index in [1.54, 1.807) is 22.3 Å². The highest BCUT2D eigenvalue weighted by atomic mass is 32.1. The lowest BCUT2D eigenvalue weighted by Gasteiger charge is -2.15. The van der Waals surface area contributed by atoms with Gasteiger partial charge in [0.15, 0.2) is 0 Å². The average molecular weight is 501 g/mol. The third-order valence-corrected chi connectivity index (χ3v) is 6.87. The van der Waals surface area contributed by atoms with E-state index in [1.165, 1.54) is 11.3 Å². The van der Waals surface area contributed by atoms with Crippen LogP contribution in [0.25, 0.3) is 11.0 Å². The number of anilines is 2. The summed E-state index contributed by atoms with van der Waals surface area (Å²) >= 11 is 1.53. The number of aromatic nitrogens is 4. The quantitative estimate of drug-likeness (QED) is 0.408. The highest BCUT2D eigenvalue weighted by Gasteiger charge is 2.20. The Balaban J connectivity index is 1.41. The van der Waals surface area contributed by atoms with Crippen LogP contribution in [0.1, 0.15) is 42.4 Å². The van der Waals surface area contributed by atoms with E-state index in [0.717, 1.165) is 41.2 Å². The van der Waals surface area contributed by atoms with Crippen molar-refractivity contribution < 1.29 is 4.74 Å². The number of ether oxygens (including phenoxy) is 1. The molecule has 36 heavy (non-hydrogen) atoms. The Bertz CT molecular complexity index is 1510. The molecule has 0 spiro atoms. The third-order valence-electron chi connectivity index (χ3n) is 6.11. The fraction of sp³-hybridized carbons (Fsp3) is 0.333. The van der Waals surface area contributed by atoms with Crippen LogP contribution in [0.15, 0.2) is 46.8 Å². The number of thiazole rings is 1. The zero-order valence-electron chi connectivity index (χ0n) is 20.8. The first-order valence-corrected chi connectivity index (χ1v) is 12.8. The lowest BCUT2D eigenvalue weighted by Crippen LogP contribution is -2.25. The summed E-state index contributed by atoms with van der Waals surface area (Å²) in [5, 5.41) is 3.99. The van der Waals surface area contributed by atoms with Crippen molar-refractivity contribution in [2.45, 2.75) is 39.3 Å². The van der Waals surface area contributed by atoms with Gasteiger partial charge < -0.3 is 15.0 Å². The molecule has 4 aromatic rings. The van der Waals surface area contributed by atoms with Crippen LogP contribution >= 0.6 is 11.3 Å². The molecule has 1 fully saturated rings. The van der Waals surface area contributed by atoms with Crippen LogP contribution < -0.4 is 15.6 Å². The molecule has 1 N–H and O–H groups in total. The highest BCUT2D eigenvalue weighted by molar-refractivity contribution is 7.09. The van der Waals surface area contributed by atoms with Gasteiger partial charge in [-0.05, 0) is 70.5 Å². The molecule has 184 valence electrons. The number of rotatable bonds is 5. The summed E-state index contributed by atoms with van der Waals surface area (Å²) in [5.41, 5.74) is 4.07. The molecule has 3 aromatic heterocycles. The number of pyridine rings is 1.